The summed E-state index contributed by atoms with van der Waals surface area (Å²) in [4.78, 5) is 10.5. The first-order valence-electron chi connectivity index (χ1n) is 11.6. The summed E-state index contributed by atoms with van der Waals surface area (Å²) in [5.74, 6) is 0. The Labute approximate surface area is 193 Å². The number of allylic oxidation sites excluding steroid dienone is 4. The van der Waals surface area contributed by atoms with E-state index in [9.17, 15) is 0 Å². The van der Waals surface area contributed by atoms with Crippen LogP contribution in [0.1, 0.15) is 66.5 Å². The van der Waals surface area contributed by atoms with Crippen LogP contribution in [0, 0.1) is 21.7 Å². The first-order valence-corrected chi connectivity index (χ1v) is 11.6. The molecule has 0 aliphatic carbocycles. The molecule has 0 unspecified atom stereocenters. The smallest absolute Gasteiger partial charge is 0.0573 e. The van der Waals surface area contributed by atoms with Gasteiger partial charge in [-0.2, -0.15) is 0 Å². The van der Waals surface area contributed by atoms with Crippen molar-refractivity contribution in [2.24, 2.45) is 31.6 Å². The molecule has 0 spiro atoms. The zero-order valence-corrected chi connectivity index (χ0v) is 20.8. The second-order valence-electron chi connectivity index (χ2n) is 11.4. The van der Waals surface area contributed by atoms with Crippen molar-refractivity contribution in [1.29, 1.82) is 0 Å². The summed E-state index contributed by atoms with van der Waals surface area (Å²) in [6.07, 6.45) is 4.72. The van der Waals surface area contributed by atoms with Crippen LogP contribution in [-0.2, 0) is 0 Å². The lowest BCUT2D eigenvalue weighted by atomic mass is 9.63. The highest BCUT2D eigenvalue weighted by atomic mass is 14.9. The van der Waals surface area contributed by atoms with E-state index in [1.165, 1.54) is 11.1 Å². The van der Waals surface area contributed by atoms with Crippen LogP contribution in [0.4, 0.5) is 0 Å². The summed E-state index contributed by atoms with van der Waals surface area (Å²) in [5.41, 5.74) is 6.37. The summed E-state index contributed by atoms with van der Waals surface area (Å²) in [5, 5.41) is 0. The molecule has 0 saturated heterocycles. The van der Waals surface area contributed by atoms with Gasteiger partial charge < -0.3 is 0 Å². The van der Waals surface area contributed by atoms with E-state index < -0.39 is 0 Å². The molecule has 2 heterocycles. The molecule has 2 heteroatoms. The van der Waals surface area contributed by atoms with Crippen molar-refractivity contribution in [2.45, 2.75) is 55.4 Å². The SMILES string of the molecule is CC1(C)C=C(C(C)(C)C(C)(C)C2=CC(C)(C)C(c3ccccc3)=N2)N=C1c1ccccc1. The molecule has 2 aliphatic rings. The van der Waals surface area contributed by atoms with Crippen LogP contribution in [0.5, 0.6) is 0 Å². The molecular weight excluding hydrogens is 388 g/mol. The van der Waals surface area contributed by atoms with Crippen LogP contribution in [0.2, 0.25) is 0 Å². The summed E-state index contributed by atoms with van der Waals surface area (Å²) >= 11 is 0. The van der Waals surface area contributed by atoms with Crippen LogP contribution < -0.4 is 0 Å². The minimum absolute atomic E-state index is 0.105. The monoisotopic (exact) mass is 424 g/mol. The third kappa shape index (κ3) is 3.60. The van der Waals surface area contributed by atoms with Crippen LogP contribution in [-0.4, -0.2) is 11.4 Å². The molecule has 2 aromatic rings. The van der Waals surface area contributed by atoms with Gasteiger partial charge in [0, 0.05) is 33.1 Å². The number of rotatable bonds is 5. The highest BCUT2D eigenvalue weighted by Gasteiger charge is 2.48. The summed E-state index contributed by atoms with van der Waals surface area (Å²) in [7, 11) is 0. The van der Waals surface area contributed by atoms with Gasteiger partial charge in [0.1, 0.15) is 0 Å². The minimum atomic E-state index is -0.196. The van der Waals surface area contributed by atoms with Crippen LogP contribution in [0.25, 0.3) is 0 Å². The van der Waals surface area contributed by atoms with E-state index in [2.05, 4.69) is 128 Å². The number of aliphatic imine (C=N–C) groups is 2. The van der Waals surface area contributed by atoms with Gasteiger partial charge in [-0.25, -0.2) is 0 Å². The molecule has 2 aromatic carbocycles. The molecule has 0 amide bonds. The van der Waals surface area contributed by atoms with Gasteiger partial charge in [-0.1, -0.05) is 128 Å². The van der Waals surface area contributed by atoms with Crippen molar-refractivity contribution in [2.75, 3.05) is 0 Å². The number of nitrogens with zero attached hydrogens (tertiary/aromatic N) is 2. The fraction of sp³-hybridized carbons (Fsp3) is 0.400. The first kappa shape index (κ1) is 22.5. The molecule has 166 valence electrons. The number of benzene rings is 2. The van der Waals surface area contributed by atoms with Crippen molar-refractivity contribution in [3.05, 3.63) is 95.3 Å². The maximum atomic E-state index is 5.24. The quantitative estimate of drug-likeness (QED) is 0.466. The van der Waals surface area contributed by atoms with Crippen molar-refractivity contribution < 1.29 is 0 Å². The topological polar surface area (TPSA) is 24.7 Å². The summed E-state index contributed by atoms with van der Waals surface area (Å²) in [6, 6.07) is 21.1. The fourth-order valence-electron chi connectivity index (χ4n) is 4.76. The Kier molecular flexibility index (Phi) is 5.19. The zero-order chi connectivity index (χ0) is 23.4. The molecule has 0 atom stereocenters. The van der Waals surface area contributed by atoms with Gasteiger partial charge in [-0.05, 0) is 11.1 Å². The van der Waals surface area contributed by atoms with E-state index in [0.29, 0.717) is 0 Å². The molecule has 0 fully saturated rings. The lowest BCUT2D eigenvalue weighted by molar-refractivity contribution is 0.195. The Hall–Kier alpha value is -2.74. The van der Waals surface area contributed by atoms with E-state index in [-0.39, 0.29) is 21.7 Å². The van der Waals surface area contributed by atoms with Gasteiger partial charge in [0.25, 0.3) is 0 Å². The Bertz CT molecular complexity index is 1040. The number of hydrogen-bond donors (Lipinski definition) is 0. The normalized spacial score (nSPS) is 19.9. The highest BCUT2D eigenvalue weighted by Crippen LogP contribution is 2.55. The average molecular weight is 425 g/mol. The number of hydrogen-bond acceptors (Lipinski definition) is 2. The third-order valence-corrected chi connectivity index (χ3v) is 7.62. The zero-order valence-electron chi connectivity index (χ0n) is 20.8. The average Bonchev–Trinajstić information content (AvgIpc) is 3.25. The first-order chi connectivity index (χ1) is 14.9. The summed E-state index contributed by atoms with van der Waals surface area (Å²) in [6.45, 7) is 18.3. The maximum Gasteiger partial charge on any atom is 0.0573 e. The Morgan fingerprint density at radius 1 is 0.531 bits per heavy atom. The van der Waals surface area contributed by atoms with E-state index in [0.717, 1.165) is 22.8 Å². The van der Waals surface area contributed by atoms with Crippen LogP contribution >= 0.6 is 0 Å². The lowest BCUT2D eigenvalue weighted by Gasteiger charge is -2.41. The molecule has 0 N–H and O–H groups in total. The molecule has 0 bridgehead atoms. The largest absolute Gasteiger partial charge is 0.256 e. The molecule has 0 radical (unpaired) electrons. The van der Waals surface area contributed by atoms with E-state index in [4.69, 9.17) is 9.98 Å². The van der Waals surface area contributed by atoms with Crippen LogP contribution in [0.3, 0.4) is 0 Å². The van der Waals surface area contributed by atoms with Gasteiger partial charge in [0.15, 0.2) is 0 Å². The molecule has 0 saturated carbocycles. The summed E-state index contributed by atoms with van der Waals surface area (Å²) < 4.78 is 0. The van der Waals surface area contributed by atoms with Gasteiger partial charge in [0.05, 0.1) is 11.4 Å². The minimum Gasteiger partial charge on any atom is -0.256 e. The third-order valence-electron chi connectivity index (χ3n) is 7.62. The van der Waals surface area contributed by atoms with Gasteiger partial charge >= 0.3 is 0 Å². The van der Waals surface area contributed by atoms with Crippen LogP contribution in [0.15, 0.2) is 94.2 Å². The Balaban J connectivity index is 1.74. The van der Waals surface area contributed by atoms with Crippen molar-refractivity contribution >= 4 is 11.4 Å². The van der Waals surface area contributed by atoms with E-state index >= 15 is 0 Å². The Morgan fingerprint density at radius 2 is 0.844 bits per heavy atom. The second kappa shape index (κ2) is 7.40. The van der Waals surface area contributed by atoms with Gasteiger partial charge in [0.2, 0.25) is 0 Å². The molecule has 2 nitrogen and oxygen atoms in total. The molecule has 4 rings (SSSR count). The Morgan fingerprint density at radius 3 is 1.16 bits per heavy atom. The fourth-order valence-corrected chi connectivity index (χ4v) is 4.76. The predicted molar refractivity (Wildman–Crippen MR) is 137 cm³/mol. The van der Waals surface area contributed by atoms with Gasteiger partial charge in [-0.3, -0.25) is 9.98 Å². The van der Waals surface area contributed by atoms with Crippen molar-refractivity contribution in [3.63, 3.8) is 0 Å². The molecule has 2 aliphatic heterocycles. The highest BCUT2D eigenvalue weighted by molar-refractivity contribution is 6.08. The predicted octanol–water partition coefficient (Wildman–Crippen LogP) is 7.86. The maximum absolute atomic E-state index is 5.24. The van der Waals surface area contributed by atoms with E-state index in [1.807, 2.05) is 0 Å². The second-order valence-corrected chi connectivity index (χ2v) is 11.4. The van der Waals surface area contributed by atoms with Crippen molar-refractivity contribution in [1.82, 2.24) is 0 Å². The molecule has 0 aromatic heterocycles. The molecular formula is C30H36N2. The lowest BCUT2D eigenvalue weighted by Crippen LogP contribution is -2.35. The standard InChI is InChI=1S/C30H36N2/c1-27(2)19-23(31-25(27)21-15-11-9-12-16-21)29(5,6)30(7,8)24-20-28(3,4)26(32-24)22-17-13-10-14-18-22/h9-20H,1-8H3. The van der Waals surface area contributed by atoms with Gasteiger partial charge in [-0.15, -0.1) is 0 Å². The van der Waals surface area contributed by atoms with Crippen molar-refractivity contribution in [3.8, 4) is 0 Å². The molecule has 32 heavy (non-hydrogen) atoms. The van der Waals surface area contributed by atoms with E-state index in [1.54, 1.807) is 0 Å².